The lowest BCUT2D eigenvalue weighted by molar-refractivity contribution is -0.151. The third-order valence-electron chi connectivity index (χ3n) is 5.04. The summed E-state index contributed by atoms with van der Waals surface area (Å²) < 4.78 is 0. The summed E-state index contributed by atoms with van der Waals surface area (Å²) in [5, 5.41) is 9.80. The molecule has 1 aliphatic rings. The third kappa shape index (κ3) is 3.87. The van der Waals surface area contributed by atoms with Gasteiger partial charge in [0.1, 0.15) is 0 Å². The second-order valence-corrected chi connectivity index (χ2v) is 6.99. The van der Waals surface area contributed by atoms with Crippen LogP contribution in [-0.4, -0.2) is 11.1 Å². The van der Waals surface area contributed by atoms with Crippen molar-refractivity contribution >= 4 is 5.97 Å². The molecule has 2 heteroatoms. The Hall–Kier alpha value is -1.31. The molecular weight excluding hydrogens is 260 g/mol. The fraction of sp³-hybridized carbons (Fsp3) is 0.632. The lowest BCUT2D eigenvalue weighted by Crippen LogP contribution is -2.37. The van der Waals surface area contributed by atoms with Crippen molar-refractivity contribution in [2.24, 2.45) is 11.3 Å². The second-order valence-electron chi connectivity index (χ2n) is 6.99. The van der Waals surface area contributed by atoms with Crippen molar-refractivity contribution in [3.8, 4) is 0 Å². The predicted molar refractivity (Wildman–Crippen MR) is 86.6 cm³/mol. The molecule has 1 aliphatic carbocycles. The summed E-state index contributed by atoms with van der Waals surface area (Å²) in [6.07, 6.45) is 6.96. The van der Waals surface area contributed by atoms with Gasteiger partial charge in [-0.1, -0.05) is 49.1 Å². The number of carboxylic acid groups (broad SMARTS) is 1. The van der Waals surface area contributed by atoms with Crippen LogP contribution in [-0.2, 0) is 11.2 Å². The van der Waals surface area contributed by atoms with Gasteiger partial charge in [0.2, 0.25) is 0 Å². The maximum absolute atomic E-state index is 11.9. The summed E-state index contributed by atoms with van der Waals surface area (Å²) in [4.78, 5) is 11.9. The first-order chi connectivity index (χ1) is 9.95. The van der Waals surface area contributed by atoms with Gasteiger partial charge in [-0.3, -0.25) is 4.79 Å². The quantitative estimate of drug-likeness (QED) is 0.836. The number of aliphatic carboxylic acids is 1. The lowest BCUT2D eigenvalue weighted by Gasteiger charge is -2.37. The Morgan fingerprint density at radius 3 is 2.24 bits per heavy atom. The summed E-state index contributed by atoms with van der Waals surface area (Å²) >= 11 is 0. The summed E-state index contributed by atoms with van der Waals surface area (Å²) in [7, 11) is 0. The molecule has 116 valence electrons. The van der Waals surface area contributed by atoms with E-state index in [0.717, 1.165) is 31.6 Å². The highest BCUT2D eigenvalue weighted by atomic mass is 16.4. The maximum Gasteiger partial charge on any atom is 0.309 e. The number of carboxylic acids is 1. The molecule has 2 nitrogen and oxygen atoms in total. The summed E-state index contributed by atoms with van der Waals surface area (Å²) in [6, 6.07) is 6.45. The molecule has 1 N–H and O–H groups in total. The van der Waals surface area contributed by atoms with Gasteiger partial charge >= 0.3 is 5.97 Å². The van der Waals surface area contributed by atoms with Gasteiger partial charge in [-0.05, 0) is 57.4 Å². The third-order valence-corrected chi connectivity index (χ3v) is 5.04. The molecule has 0 spiro atoms. The van der Waals surface area contributed by atoms with Crippen LogP contribution in [0.25, 0.3) is 0 Å². The molecule has 2 rings (SSSR count). The molecule has 1 saturated carbocycles. The molecule has 0 unspecified atom stereocenters. The zero-order chi connectivity index (χ0) is 15.5. The number of hydrogen-bond acceptors (Lipinski definition) is 1. The van der Waals surface area contributed by atoms with Crippen LogP contribution >= 0.6 is 0 Å². The van der Waals surface area contributed by atoms with Crippen LogP contribution in [0.3, 0.4) is 0 Å². The zero-order valence-electron chi connectivity index (χ0n) is 13.6. The summed E-state index contributed by atoms with van der Waals surface area (Å²) in [5.74, 6) is 0.137. The van der Waals surface area contributed by atoms with Crippen LogP contribution in [0.15, 0.2) is 18.2 Å². The van der Waals surface area contributed by atoms with Gasteiger partial charge in [-0.25, -0.2) is 0 Å². The number of benzene rings is 1. The van der Waals surface area contributed by atoms with Crippen molar-refractivity contribution in [2.45, 2.75) is 65.7 Å². The molecule has 21 heavy (non-hydrogen) atoms. The number of hydrogen-bond donors (Lipinski definition) is 1. The van der Waals surface area contributed by atoms with Crippen molar-refractivity contribution in [3.05, 3.63) is 34.9 Å². The van der Waals surface area contributed by atoms with E-state index in [1.807, 2.05) is 0 Å². The van der Waals surface area contributed by atoms with E-state index >= 15 is 0 Å². The average Bonchev–Trinajstić information content (AvgIpc) is 2.40. The molecule has 0 amide bonds. The van der Waals surface area contributed by atoms with Gasteiger partial charge in [-0.15, -0.1) is 0 Å². The second kappa shape index (κ2) is 6.64. The van der Waals surface area contributed by atoms with Gasteiger partial charge in [0, 0.05) is 0 Å². The molecule has 0 aromatic heterocycles. The first kappa shape index (κ1) is 16.1. The van der Waals surface area contributed by atoms with Crippen molar-refractivity contribution in [2.75, 3.05) is 0 Å². The largest absolute Gasteiger partial charge is 0.481 e. The minimum atomic E-state index is -0.600. The van der Waals surface area contributed by atoms with E-state index in [1.165, 1.54) is 29.5 Å². The Morgan fingerprint density at radius 2 is 1.76 bits per heavy atom. The Labute approximate surface area is 128 Å². The van der Waals surface area contributed by atoms with Gasteiger partial charge in [0.15, 0.2) is 0 Å². The fourth-order valence-electron chi connectivity index (χ4n) is 3.96. The molecule has 0 heterocycles. The number of rotatable bonds is 5. The van der Waals surface area contributed by atoms with Gasteiger partial charge in [0.25, 0.3) is 0 Å². The highest BCUT2D eigenvalue weighted by molar-refractivity contribution is 5.75. The Balaban J connectivity index is 2.14. The van der Waals surface area contributed by atoms with E-state index in [4.69, 9.17) is 0 Å². The molecule has 0 aliphatic heterocycles. The molecule has 1 aromatic rings. The summed E-state index contributed by atoms with van der Waals surface area (Å²) in [6.45, 7) is 6.39. The minimum Gasteiger partial charge on any atom is -0.481 e. The maximum atomic E-state index is 11.9. The van der Waals surface area contributed by atoms with Crippen LogP contribution in [0.1, 0.15) is 62.1 Å². The van der Waals surface area contributed by atoms with Crippen LogP contribution in [0.2, 0.25) is 0 Å². The normalized spacial score (nSPS) is 25.8. The van der Waals surface area contributed by atoms with E-state index in [1.54, 1.807) is 0 Å². The lowest BCUT2D eigenvalue weighted by atomic mass is 9.66. The predicted octanol–water partition coefficient (Wildman–Crippen LogP) is 4.91. The average molecular weight is 288 g/mol. The molecular formula is C19H28O2. The Bertz CT molecular complexity index is 476. The molecule has 0 bridgehead atoms. The van der Waals surface area contributed by atoms with Crippen LogP contribution in [0.5, 0.6) is 0 Å². The van der Waals surface area contributed by atoms with Gasteiger partial charge in [-0.2, -0.15) is 0 Å². The van der Waals surface area contributed by atoms with Crippen LogP contribution in [0.4, 0.5) is 0 Å². The van der Waals surface area contributed by atoms with E-state index in [2.05, 4.69) is 39.0 Å². The highest BCUT2D eigenvalue weighted by Crippen LogP contribution is 2.43. The fourth-order valence-corrected chi connectivity index (χ4v) is 3.96. The molecule has 1 aromatic carbocycles. The van der Waals surface area contributed by atoms with E-state index in [-0.39, 0.29) is 0 Å². The van der Waals surface area contributed by atoms with E-state index < -0.39 is 11.4 Å². The Morgan fingerprint density at radius 1 is 1.19 bits per heavy atom. The zero-order valence-corrected chi connectivity index (χ0v) is 13.6. The Kier molecular flexibility index (Phi) is 5.08. The smallest absolute Gasteiger partial charge is 0.309 e. The van der Waals surface area contributed by atoms with E-state index in [0.29, 0.717) is 6.42 Å². The van der Waals surface area contributed by atoms with Crippen LogP contribution < -0.4 is 0 Å². The van der Waals surface area contributed by atoms with Crippen molar-refractivity contribution in [1.82, 2.24) is 0 Å². The summed E-state index contributed by atoms with van der Waals surface area (Å²) in [5.41, 5.74) is 3.10. The molecule has 1 fully saturated rings. The molecule has 0 saturated heterocycles. The SMILES string of the molecule is CCCC1CCC(Cc2cc(C)cc(C)c2)(C(=O)O)CC1. The monoisotopic (exact) mass is 288 g/mol. The first-order valence-corrected chi connectivity index (χ1v) is 8.26. The van der Waals surface area contributed by atoms with Crippen molar-refractivity contribution in [3.63, 3.8) is 0 Å². The van der Waals surface area contributed by atoms with Crippen molar-refractivity contribution < 1.29 is 9.90 Å². The standard InChI is InChI=1S/C19H28O2/c1-4-5-16-6-8-19(9-7-16,18(20)21)13-17-11-14(2)10-15(3)12-17/h10-12,16H,4-9,13H2,1-3H3,(H,20,21). The van der Waals surface area contributed by atoms with Gasteiger partial charge in [0.05, 0.1) is 5.41 Å². The first-order valence-electron chi connectivity index (χ1n) is 8.26. The van der Waals surface area contributed by atoms with E-state index in [9.17, 15) is 9.90 Å². The molecule has 0 radical (unpaired) electrons. The van der Waals surface area contributed by atoms with Gasteiger partial charge < -0.3 is 5.11 Å². The number of aryl methyl sites for hydroxylation is 2. The minimum absolute atomic E-state index is 0.537. The van der Waals surface area contributed by atoms with Crippen molar-refractivity contribution in [1.29, 1.82) is 0 Å². The topological polar surface area (TPSA) is 37.3 Å². The molecule has 0 atom stereocenters. The number of carbonyl (C=O) groups is 1. The highest BCUT2D eigenvalue weighted by Gasteiger charge is 2.41. The van der Waals surface area contributed by atoms with Crippen LogP contribution in [0, 0.1) is 25.2 Å².